The van der Waals surface area contributed by atoms with Gasteiger partial charge in [0.05, 0.1) is 21.8 Å². The van der Waals surface area contributed by atoms with E-state index in [0.717, 1.165) is 25.7 Å². The number of anilines is 1. The summed E-state index contributed by atoms with van der Waals surface area (Å²) in [4.78, 5) is 12.0. The lowest BCUT2D eigenvalue weighted by Gasteiger charge is -2.30. The Kier molecular flexibility index (Phi) is 3.91. The average Bonchev–Trinajstić information content (AvgIpc) is 2.84. The minimum atomic E-state index is -0.719. The molecule has 0 aromatic heterocycles. The lowest BCUT2D eigenvalue weighted by atomic mass is 10.0. The number of aliphatic hydroxyl groups is 1. The lowest BCUT2D eigenvalue weighted by molar-refractivity contribution is -0.384. The van der Waals surface area contributed by atoms with Crippen LogP contribution in [0.1, 0.15) is 31.2 Å². The predicted octanol–water partition coefficient (Wildman–Crippen LogP) is 2.21. The maximum absolute atomic E-state index is 10.7. The summed E-state index contributed by atoms with van der Waals surface area (Å²) in [6, 6.07) is 6.19. The molecule has 1 aliphatic carbocycles. The van der Waals surface area contributed by atoms with Crippen LogP contribution in [0.2, 0.25) is 0 Å². The van der Waals surface area contributed by atoms with E-state index in [1.807, 2.05) is 6.07 Å². The third-order valence-electron chi connectivity index (χ3n) is 3.79. The summed E-state index contributed by atoms with van der Waals surface area (Å²) in [7, 11) is 1.79. The van der Waals surface area contributed by atoms with E-state index < -0.39 is 10.5 Å². The Bertz CT molecular complexity index is 559. The zero-order chi connectivity index (χ0) is 14.8. The van der Waals surface area contributed by atoms with E-state index in [0.29, 0.717) is 12.2 Å². The third-order valence-corrected chi connectivity index (χ3v) is 3.79. The van der Waals surface area contributed by atoms with Gasteiger partial charge in [0.2, 0.25) is 0 Å². The molecule has 2 rings (SSSR count). The number of likely N-dealkylation sites (N-methyl/N-ethyl adjacent to an activating group) is 1. The number of nitro groups is 1. The maximum atomic E-state index is 10.7. The van der Waals surface area contributed by atoms with Crippen molar-refractivity contribution in [3.8, 4) is 6.07 Å². The van der Waals surface area contributed by atoms with Crippen LogP contribution in [-0.4, -0.2) is 29.2 Å². The van der Waals surface area contributed by atoms with Crippen molar-refractivity contribution in [2.24, 2.45) is 0 Å². The van der Waals surface area contributed by atoms with Crippen LogP contribution in [0.15, 0.2) is 18.2 Å². The van der Waals surface area contributed by atoms with E-state index in [1.54, 1.807) is 18.0 Å². The van der Waals surface area contributed by atoms with Gasteiger partial charge in [0, 0.05) is 25.7 Å². The van der Waals surface area contributed by atoms with Gasteiger partial charge in [-0.3, -0.25) is 10.1 Å². The number of nitriles is 1. The maximum Gasteiger partial charge on any atom is 0.270 e. The molecule has 0 spiro atoms. The standard InChI is InChI=1S/C14H17N3O3/c1-16(10-14(18)6-2-3-7-14)13-5-4-12(17(19)20)8-11(13)9-15/h4-5,8,18H,2-3,6-7,10H2,1H3. The van der Waals surface area contributed by atoms with Crippen LogP contribution in [0.4, 0.5) is 11.4 Å². The fourth-order valence-corrected chi connectivity index (χ4v) is 2.78. The average molecular weight is 275 g/mol. The highest BCUT2D eigenvalue weighted by Crippen LogP contribution is 2.32. The highest BCUT2D eigenvalue weighted by molar-refractivity contribution is 5.62. The number of hydrogen-bond donors (Lipinski definition) is 1. The third kappa shape index (κ3) is 2.89. The summed E-state index contributed by atoms with van der Waals surface area (Å²) < 4.78 is 0. The first-order valence-corrected chi connectivity index (χ1v) is 6.57. The van der Waals surface area contributed by atoms with Crippen molar-refractivity contribution in [1.29, 1.82) is 5.26 Å². The number of benzene rings is 1. The SMILES string of the molecule is CN(CC1(O)CCCC1)c1ccc([N+](=O)[O-])cc1C#N. The van der Waals surface area contributed by atoms with E-state index >= 15 is 0 Å². The van der Waals surface area contributed by atoms with Gasteiger partial charge < -0.3 is 10.0 Å². The van der Waals surface area contributed by atoms with Crippen LogP contribution in [0.25, 0.3) is 0 Å². The van der Waals surface area contributed by atoms with Crippen molar-refractivity contribution in [3.05, 3.63) is 33.9 Å². The first kappa shape index (κ1) is 14.3. The first-order chi connectivity index (χ1) is 9.45. The van der Waals surface area contributed by atoms with Gasteiger partial charge in [-0.05, 0) is 18.9 Å². The van der Waals surface area contributed by atoms with Crippen molar-refractivity contribution < 1.29 is 10.0 Å². The smallest absolute Gasteiger partial charge is 0.270 e. The van der Waals surface area contributed by atoms with Gasteiger partial charge >= 0.3 is 0 Å². The van der Waals surface area contributed by atoms with Crippen molar-refractivity contribution in [1.82, 2.24) is 0 Å². The van der Waals surface area contributed by atoms with Gasteiger partial charge in [0.15, 0.2) is 0 Å². The summed E-state index contributed by atoms with van der Waals surface area (Å²) >= 11 is 0. The molecule has 1 saturated carbocycles. The molecule has 1 fully saturated rings. The number of hydrogen-bond acceptors (Lipinski definition) is 5. The second-order valence-corrected chi connectivity index (χ2v) is 5.36. The normalized spacial score (nSPS) is 16.6. The largest absolute Gasteiger partial charge is 0.388 e. The van der Waals surface area contributed by atoms with Crippen LogP contribution in [-0.2, 0) is 0 Å². The molecular weight excluding hydrogens is 258 g/mol. The predicted molar refractivity (Wildman–Crippen MR) is 74.5 cm³/mol. The van der Waals surface area contributed by atoms with Gasteiger partial charge in [-0.1, -0.05) is 12.8 Å². The van der Waals surface area contributed by atoms with Crippen LogP contribution < -0.4 is 4.90 Å². The van der Waals surface area contributed by atoms with E-state index in [9.17, 15) is 15.2 Å². The minimum Gasteiger partial charge on any atom is -0.388 e. The molecule has 0 bridgehead atoms. The summed E-state index contributed by atoms with van der Waals surface area (Å²) in [5, 5.41) is 30.3. The molecule has 1 aromatic rings. The van der Waals surface area contributed by atoms with E-state index in [1.165, 1.54) is 12.1 Å². The molecular formula is C14H17N3O3. The van der Waals surface area contributed by atoms with Gasteiger partial charge in [0.1, 0.15) is 6.07 Å². The molecule has 0 unspecified atom stereocenters. The summed E-state index contributed by atoms with van der Waals surface area (Å²) in [5.41, 5.74) is 0.0449. The number of nitrogens with zero attached hydrogens (tertiary/aromatic N) is 3. The number of nitro benzene ring substituents is 1. The summed E-state index contributed by atoms with van der Waals surface area (Å²) in [6.45, 7) is 0.430. The number of rotatable bonds is 4. The Hall–Kier alpha value is -2.13. The van der Waals surface area contributed by atoms with Crippen molar-refractivity contribution in [2.75, 3.05) is 18.5 Å². The van der Waals surface area contributed by atoms with E-state index in [-0.39, 0.29) is 11.3 Å². The van der Waals surface area contributed by atoms with Crippen LogP contribution in [0, 0.1) is 21.4 Å². The molecule has 1 N–H and O–H groups in total. The van der Waals surface area contributed by atoms with Gasteiger partial charge in [0.25, 0.3) is 5.69 Å². The molecule has 6 nitrogen and oxygen atoms in total. The van der Waals surface area contributed by atoms with E-state index in [4.69, 9.17) is 5.26 Å². The molecule has 1 aromatic carbocycles. The number of non-ortho nitro benzene ring substituents is 1. The van der Waals surface area contributed by atoms with Gasteiger partial charge in [-0.25, -0.2) is 0 Å². The first-order valence-electron chi connectivity index (χ1n) is 6.57. The topological polar surface area (TPSA) is 90.4 Å². The molecule has 0 heterocycles. The van der Waals surface area contributed by atoms with Gasteiger partial charge in [-0.15, -0.1) is 0 Å². The van der Waals surface area contributed by atoms with E-state index in [2.05, 4.69) is 0 Å². The monoisotopic (exact) mass is 275 g/mol. The fourth-order valence-electron chi connectivity index (χ4n) is 2.78. The quantitative estimate of drug-likeness (QED) is 0.672. The molecule has 1 aliphatic rings. The molecule has 0 aliphatic heterocycles. The Morgan fingerprint density at radius 3 is 2.70 bits per heavy atom. The van der Waals surface area contributed by atoms with Crippen molar-refractivity contribution in [2.45, 2.75) is 31.3 Å². The molecule has 0 radical (unpaired) electrons. The summed E-state index contributed by atoms with van der Waals surface area (Å²) in [6.07, 6.45) is 3.53. The zero-order valence-corrected chi connectivity index (χ0v) is 11.4. The highest BCUT2D eigenvalue weighted by atomic mass is 16.6. The second-order valence-electron chi connectivity index (χ2n) is 5.36. The highest BCUT2D eigenvalue weighted by Gasteiger charge is 2.32. The Labute approximate surface area is 117 Å². The Morgan fingerprint density at radius 1 is 1.50 bits per heavy atom. The second kappa shape index (κ2) is 5.47. The molecule has 106 valence electrons. The van der Waals surface area contributed by atoms with Crippen LogP contribution in [0.3, 0.4) is 0 Å². The zero-order valence-electron chi connectivity index (χ0n) is 11.4. The Balaban J connectivity index is 2.23. The van der Waals surface area contributed by atoms with Crippen molar-refractivity contribution >= 4 is 11.4 Å². The van der Waals surface area contributed by atoms with Crippen LogP contribution >= 0.6 is 0 Å². The van der Waals surface area contributed by atoms with Crippen LogP contribution in [0.5, 0.6) is 0 Å². The van der Waals surface area contributed by atoms with Crippen molar-refractivity contribution in [3.63, 3.8) is 0 Å². The molecule has 0 amide bonds. The summed E-state index contributed by atoms with van der Waals surface area (Å²) in [5.74, 6) is 0. The lowest BCUT2D eigenvalue weighted by Crippen LogP contribution is -2.39. The molecule has 6 heteroatoms. The molecule has 0 atom stereocenters. The minimum absolute atomic E-state index is 0.0988. The van der Waals surface area contributed by atoms with Gasteiger partial charge in [-0.2, -0.15) is 5.26 Å². The molecule has 20 heavy (non-hydrogen) atoms. The Morgan fingerprint density at radius 2 is 2.15 bits per heavy atom. The molecule has 0 saturated heterocycles. The fraction of sp³-hybridized carbons (Fsp3) is 0.500.